The molecule has 0 saturated heterocycles. The molecule has 2 aromatic carbocycles. The topological polar surface area (TPSA) is 137 Å². The van der Waals surface area contributed by atoms with Gasteiger partial charge in [0.25, 0.3) is 0 Å². The first-order chi connectivity index (χ1) is 17.5. The van der Waals surface area contributed by atoms with E-state index in [4.69, 9.17) is 30.9 Å². The Labute approximate surface area is 236 Å². The Morgan fingerprint density at radius 3 is 1.62 bits per heavy atom. The number of aliphatic hydroxyl groups excluding tert-OH is 1. The largest absolute Gasteiger partial charge is 2.00 e. The smallest absolute Gasteiger partial charge is 0.518 e. The molecule has 2 aromatic rings. The van der Waals surface area contributed by atoms with Crippen LogP contribution in [0.2, 0.25) is 0 Å². The van der Waals surface area contributed by atoms with Gasteiger partial charge in [-0.05, 0) is 5.56 Å². The minimum Gasteiger partial charge on any atom is -0.518 e. The van der Waals surface area contributed by atoms with E-state index >= 15 is 0 Å². The first kappa shape index (κ1) is 42.5. The molecule has 7 nitrogen and oxygen atoms in total. The molecular weight excluding hydrogens is 636 g/mol. The van der Waals surface area contributed by atoms with Gasteiger partial charge in [0, 0.05) is 34.3 Å². The Morgan fingerprint density at radius 1 is 0.872 bits per heavy atom. The Bertz CT molecular complexity index is 1080. The second kappa shape index (κ2) is 20.4. The SMILES string of the molecule is CC#N.CC#N.CC#N.CC#N.F[P-](F)(F)(F)(F)F.OCc1c[c-]c(C2=N[C@@H](c3ccccc3)CO2)cc1.[Ru+2]. The zero-order valence-corrected chi connectivity index (χ0v) is 23.9. The summed E-state index contributed by atoms with van der Waals surface area (Å²) in [5, 5.41) is 38.3. The van der Waals surface area contributed by atoms with Crippen molar-refractivity contribution in [3.63, 3.8) is 0 Å². The fourth-order valence-corrected chi connectivity index (χ4v) is 2.06. The number of hydrogen-bond donors (Lipinski definition) is 1. The third kappa shape index (κ3) is 32.4. The van der Waals surface area contributed by atoms with Crippen molar-refractivity contribution in [1.82, 2.24) is 0 Å². The molecule has 0 amide bonds. The van der Waals surface area contributed by atoms with Crippen molar-refractivity contribution in [2.24, 2.45) is 4.99 Å². The van der Waals surface area contributed by atoms with Gasteiger partial charge in [-0.25, -0.2) is 0 Å². The normalized spacial score (nSPS) is 13.7. The third-order valence-electron chi connectivity index (χ3n) is 3.13. The summed E-state index contributed by atoms with van der Waals surface area (Å²) in [6, 6.07) is 25.7. The quantitative estimate of drug-likeness (QED) is 0.153. The molecule has 39 heavy (non-hydrogen) atoms. The van der Waals surface area contributed by atoms with Gasteiger partial charge < -0.3 is 9.84 Å². The van der Waals surface area contributed by atoms with Gasteiger partial charge in [-0.2, -0.15) is 21.0 Å². The monoisotopic (exact) mass is 663 g/mol. The molecule has 0 spiro atoms. The van der Waals surface area contributed by atoms with Crippen LogP contribution in [0.15, 0.2) is 53.5 Å². The van der Waals surface area contributed by atoms with Crippen LogP contribution in [0.1, 0.15) is 50.4 Å². The van der Waals surface area contributed by atoms with E-state index in [0.717, 1.165) is 16.7 Å². The molecule has 1 atom stereocenters. The zero-order valence-electron chi connectivity index (χ0n) is 21.3. The Hall–Kier alpha value is -3.54. The fraction of sp³-hybridized carbons (Fsp3) is 0.292. The molecule has 1 heterocycles. The van der Waals surface area contributed by atoms with Crippen LogP contribution in [0, 0.1) is 51.4 Å². The van der Waals surface area contributed by atoms with Crippen molar-refractivity contribution < 1.29 is 54.5 Å². The molecule has 0 unspecified atom stereocenters. The van der Waals surface area contributed by atoms with Gasteiger partial charge in [0.15, 0.2) is 0 Å². The summed E-state index contributed by atoms with van der Waals surface area (Å²) in [6.07, 6.45) is 0. The first-order valence-electron chi connectivity index (χ1n) is 10.1. The Kier molecular flexibility index (Phi) is 22.3. The molecule has 214 valence electrons. The number of nitriles is 4. The summed E-state index contributed by atoms with van der Waals surface area (Å²) < 4.78 is 64.8. The summed E-state index contributed by atoms with van der Waals surface area (Å²) >= 11 is 0. The molecule has 15 heteroatoms. The van der Waals surface area contributed by atoms with Crippen LogP contribution >= 0.6 is 7.81 Å². The molecule has 0 aliphatic carbocycles. The van der Waals surface area contributed by atoms with Gasteiger partial charge in [0.05, 0.1) is 24.3 Å². The van der Waals surface area contributed by atoms with E-state index in [1.54, 1.807) is 30.3 Å². The van der Waals surface area contributed by atoms with Crippen molar-refractivity contribution in [3.05, 3.63) is 71.3 Å². The maximum absolute atomic E-state index is 10.7. The van der Waals surface area contributed by atoms with Crippen LogP contribution in [0.5, 0.6) is 0 Å². The number of rotatable bonds is 3. The molecule has 0 radical (unpaired) electrons. The van der Waals surface area contributed by atoms with Crippen LogP contribution < -0.4 is 0 Å². The first-order valence-corrected chi connectivity index (χ1v) is 12.2. The van der Waals surface area contributed by atoms with Crippen molar-refractivity contribution in [2.45, 2.75) is 40.3 Å². The van der Waals surface area contributed by atoms with Crippen molar-refractivity contribution in [2.75, 3.05) is 6.61 Å². The number of benzene rings is 2. The van der Waals surface area contributed by atoms with Crippen molar-refractivity contribution in [3.8, 4) is 24.3 Å². The van der Waals surface area contributed by atoms with Crippen LogP contribution in [-0.2, 0) is 30.8 Å². The number of halogens is 6. The van der Waals surface area contributed by atoms with E-state index in [2.05, 4.69) is 23.2 Å². The Balaban J connectivity index is -0.000000255. The molecule has 1 aliphatic rings. The van der Waals surface area contributed by atoms with E-state index in [1.165, 1.54) is 27.7 Å². The van der Waals surface area contributed by atoms with E-state index in [9.17, 15) is 25.2 Å². The molecule has 0 fully saturated rings. The van der Waals surface area contributed by atoms with Crippen LogP contribution in [-0.4, -0.2) is 17.6 Å². The minimum atomic E-state index is -10.7. The molecular formula is C24H26F6N5O2PRu. The van der Waals surface area contributed by atoms with E-state index in [0.29, 0.717) is 12.5 Å². The molecule has 0 saturated carbocycles. The number of hydrogen-bond acceptors (Lipinski definition) is 7. The number of aliphatic hydroxyl groups is 1. The average molecular weight is 663 g/mol. The van der Waals surface area contributed by atoms with E-state index in [-0.39, 0.29) is 32.1 Å². The molecule has 1 aliphatic heterocycles. The molecule has 3 rings (SSSR count). The van der Waals surface area contributed by atoms with Crippen molar-refractivity contribution >= 4 is 13.7 Å². The maximum atomic E-state index is 9.87. The second-order valence-electron chi connectivity index (χ2n) is 6.29. The molecule has 1 N–H and O–H groups in total. The van der Waals surface area contributed by atoms with Crippen LogP contribution in [0.25, 0.3) is 0 Å². The van der Waals surface area contributed by atoms with Crippen LogP contribution in [0.3, 0.4) is 0 Å². The minimum absolute atomic E-state index is 0. The van der Waals surface area contributed by atoms with Gasteiger partial charge >= 0.3 is 52.5 Å². The van der Waals surface area contributed by atoms with Gasteiger partial charge in [-0.1, -0.05) is 35.9 Å². The van der Waals surface area contributed by atoms with Crippen LogP contribution in [0.4, 0.5) is 25.2 Å². The number of ether oxygens (including phenoxy) is 1. The number of nitrogens with zero attached hydrogens (tertiary/aromatic N) is 5. The summed E-state index contributed by atoms with van der Waals surface area (Å²) in [5.74, 6) is 0.623. The predicted octanol–water partition coefficient (Wildman–Crippen LogP) is 8.00. The fourth-order valence-electron chi connectivity index (χ4n) is 2.06. The summed E-state index contributed by atoms with van der Waals surface area (Å²) in [4.78, 5) is 4.58. The third-order valence-corrected chi connectivity index (χ3v) is 3.13. The van der Waals surface area contributed by atoms with Gasteiger partial charge in [0.2, 0.25) is 0 Å². The van der Waals surface area contributed by atoms with Gasteiger partial charge in [-0.15, -0.1) is 29.8 Å². The zero-order chi connectivity index (χ0) is 30.3. The predicted molar refractivity (Wildman–Crippen MR) is 132 cm³/mol. The van der Waals surface area contributed by atoms with Crippen molar-refractivity contribution in [1.29, 1.82) is 21.0 Å². The molecule has 0 bridgehead atoms. The molecule has 0 aromatic heterocycles. The van der Waals surface area contributed by atoms with Gasteiger partial charge in [0.1, 0.15) is 18.5 Å². The summed E-state index contributed by atoms with van der Waals surface area (Å²) in [5.41, 5.74) is 2.82. The standard InChI is InChI=1S/C16H14NO2.4C2H3N.F6P.Ru/c18-10-12-6-8-14(9-7-12)16-17-15(11-19-16)13-4-2-1-3-5-13;4*1-2-3;1-7(2,3,4,5)6;/h1-8,15,18H,10-11H2;4*1H3;;/q-1;;;;;-1;+2/t15-;;;;;;/m1....../s1. The average Bonchev–Trinajstić information content (AvgIpc) is 3.30. The van der Waals surface area contributed by atoms with E-state index in [1.807, 2.05) is 30.3 Å². The second-order valence-corrected chi connectivity index (χ2v) is 8.21. The maximum Gasteiger partial charge on any atom is 2.00 e. The number of aliphatic imine (C=N–C) groups is 1. The Morgan fingerprint density at radius 2 is 1.28 bits per heavy atom. The van der Waals surface area contributed by atoms with E-state index < -0.39 is 7.81 Å². The van der Waals surface area contributed by atoms with Gasteiger partial charge in [-0.3, -0.25) is 4.99 Å². The summed E-state index contributed by atoms with van der Waals surface area (Å²) in [7, 11) is -10.7. The summed E-state index contributed by atoms with van der Waals surface area (Å²) in [6.45, 7) is 6.31.